The van der Waals surface area contributed by atoms with Crippen LogP contribution in [-0.4, -0.2) is 65.7 Å². The average molecular weight is 639 g/mol. The van der Waals surface area contributed by atoms with E-state index in [-0.39, 0.29) is 12.6 Å². The van der Waals surface area contributed by atoms with Crippen LogP contribution in [0.2, 0.25) is 0 Å². The number of rotatable bonds is 8. The van der Waals surface area contributed by atoms with E-state index in [1.807, 2.05) is 28.8 Å². The third kappa shape index (κ3) is 6.00. The number of ether oxygens (including phenoxy) is 4. The van der Waals surface area contributed by atoms with E-state index in [0.717, 1.165) is 33.5 Å². The Hall–Kier alpha value is -4.98. The van der Waals surface area contributed by atoms with Crippen molar-refractivity contribution in [3.8, 4) is 11.3 Å². The Morgan fingerprint density at radius 3 is 2.55 bits per heavy atom. The van der Waals surface area contributed by atoms with Gasteiger partial charge in [0.15, 0.2) is 17.7 Å². The van der Waals surface area contributed by atoms with E-state index in [1.54, 1.807) is 38.6 Å². The molecule has 4 atom stereocenters. The van der Waals surface area contributed by atoms with Crippen LogP contribution in [0.3, 0.4) is 0 Å². The van der Waals surface area contributed by atoms with Crippen molar-refractivity contribution in [3.05, 3.63) is 111 Å². The van der Waals surface area contributed by atoms with E-state index in [1.165, 1.54) is 16.8 Å². The zero-order valence-electron chi connectivity index (χ0n) is 26.3. The van der Waals surface area contributed by atoms with Gasteiger partial charge in [0.25, 0.3) is 5.56 Å². The van der Waals surface area contributed by atoms with Gasteiger partial charge in [0.2, 0.25) is 0 Å². The topological polar surface area (TPSA) is 152 Å². The Labute approximate surface area is 269 Å². The molecule has 2 saturated heterocycles. The monoisotopic (exact) mass is 638 g/mol. The van der Waals surface area contributed by atoms with Crippen LogP contribution >= 0.6 is 0 Å². The SMILES string of the molecule is CC(C)n1cnc2c(-c3cccc(Cc4ccc(C(=O)OC[C@H]5O[C@@H](n6ccc(=O)[nH]c6=O)C6OC(C)(C)OC65)cc4)c3)ncnc21. The highest BCUT2D eigenvalue weighted by Gasteiger charge is 2.56. The second-order valence-corrected chi connectivity index (χ2v) is 12.5. The summed E-state index contributed by atoms with van der Waals surface area (Å²) in [6.07, 6.45) is 2.56. The summed E-state index contributed by atoms with van der Waals surface area (Å²) in [6, 6.07) is 16.9. The summed E-state index contributed by atoms with van der Waals surface area (Å²) in [5.41, 5.74) is 4.63. The lowest BCUT2D eigenvalue weighted by atomic mass is 10.0. The minimum absolute atomic E-state index is 0.117. The van der Waals surface area contributed by atoms with Gasteiger partial charge in [-0.15, -0.1) is 0 Å². The molecule has 13 nitrogen and oxygen atoms in total. The van der Waals surface area contributed by atoms with Crippen molar-refractivity contribution in [1.82, 2.24) is 29.1 Å². The van der Waals surface area contributed by atoms with E-state index in [2.05, 4.69) is 45.9 Å². The molecular weight excluding hydrogens is 604 g/mol. The van der Waals surface area contributed by atoms with Crippen LogP contribution in [0.1, 0.15) is 61.4 Å². The Bertz CT molecular complexity index is 2070. The number of esters is 1. The Morgan fingerprint density at radius 2 is 1.79 bits per heavy atom. The number of aromatic amines is 1. The van der Waals surface area contributed by atoms with Gasteiger partial charge >= 0.3 is 11.7 Å². The van der Waals surface area contributed by atoms with Gasteiger partial charge in [-0.25, -0.2) is 24.5 Å². The fourth-order valence-corrected chi connectivity index (χ4v) is 6.15. The lowest BCUT2D eigenvalue weighted by molar-refractivity contribution is -0.200. The molecule has 7 rings (SSSR count). The van der Waals surface area contributed by atoms with Crippen LogP contribution in [0.5, 0.6) is 0 Å². The highest BCUT2D eigenvalue weighted by molar-refractivity contribution is 5.89. The van der Waals surface area contributed by atoms with Gasteiger partial charge in [0.05, 0.1) is 11.9 Å². The van der Waals surface area contributed by atoms with Crippen LogP contribution in [0.4, 0.5) is 0 Å². The third-order valence-electron chi connectivity index (χ3n) is 8.34. The minimum Gasteiger partial charge on any atom is -0.459 e. The van der Waals surface area contributed by atoms with Crippen LogP contribution in [0.15, 0.2) is 83.0 Å². The zero-order valence-corrected chi connectivity index (χ0v) is 26.3. The summed E-state index contributed by atoms with van der Waals surface area (Å²) in [6.45, 7) is 7.58. The average Bonchev–Trinajstić information content (AvgIpc) is 3.71. The quantitative estimate of drug-likeness (QED) is 0.249. The molecule has 0 bridgehead atoms. The van der Waals surface area contributed by atoms with Crippen molar-refractivity contribution in [2.75, 3.05) is 6.61 Å². The molecule has 0 spiro atoms. The maximum atomic E-state index is 13.0. The van der Waals surface area contributed by atoms with Crippen molar-refractivity contribution in [3.63, 3.8) is 0 Å². The molecule has 2 aliphatic heterocycles. The highest BCUT2D eigenvalue weighted by atomic mass is 16.8. The summed E-state index contributed by atoms with van der Waals surface area (Å²) < 4.78 is 27.0. The number of hydrogen-bond donors (Lipinski definition) is 1. The summed E-state index contributed by atoms with van der Waals surface area (Å²) in [5.74, 6) is -1.45. The summed E-state index contributed by atoms with van der Waals surface area (Å²) in [7, 11) is 0. The normalized spacial score (nSPS) is 21.7. The third-order valence-corrected chi connectivity index (χ3v) is 8.34. The predicted molar refractivity (Wildman–Crippen MR) is 170 cm³/mol. The van der Waals surface area contributed by atoms with Crippen LogP contribution in [0, 0.1) is 0 Å². The second-order valence-electron chi connectivity index (χ2n) is 12.5. The van der Waals surface area contributed by atoms with Gasteiger partial charge in [-0.05, 0) is 63.4 Å². The molecule has 2 unspecified atom stereocenters. The van der Waals surface area contributed by atoms with Crippen molar-refractivity contribution in [1.29, 1.82) is 0 Å². The number of carbonyl (C=O) groups excluding carboxylic acids is 1. The number of nitrogens with zero attached hydrogens (tertiary/aromatic N) is 5. The van der Waals surface area contributed by atoms with E-state index in [9.17, 15) is 14.4 Å². The first-order chi connectivity index (χ1) is 22.6. The van der Waals surface area contributed by atoms with Crippen molar-refractivity contribution in [2.45, 2.75) is 70.5 Å². The summed E-state index contributed by atoms with van der Waals surface area (Å²) >= 11 is 0. The van der Waals surface area contributed by atoms with Gasteiger partial charge in [-0.3, -0.25) is 14.3 Å². The number of H-pyrrole nitrogens is 1. The van der Waals surface area contributed by atoms with Gasteiger partial charge in [-0.1, -0.05) is 30.3 Å². The number of benzene rings is 2. The maximum Gasteiger partial charge on any atom is 0.338 e. The van der Waals surface area contributed by atoms with Gasteiger partial charge in [0.1, 0.15) is 42.5 Å². The first kappa shape index (κ1) is 30.7. The molecule has 0 radical (unpaired) electrons. The summed E-state index contributed by atoms with van der Waals surface area (Å²) in [4.78, 5) is 52.9. The molecule has 47 heavy (non-hydrogen) atoms. The molecule has 2 fully saturated rings. The van der Waals surface area contributed by atoms with Crippen LogP contribution in [0.25, 0.3) is 22.4 Å². The molecule has 242 valence electrons. The van der Waals surface area contributed by atoms with Crippen molar-refractivity contribution >= 4 is 17.1 Å². The maximum absolute atomic E-state index is 13.0. The predicted octanol–water partition coefficient (Wildman–Crippen LogP) is 3.79. The van der Waals surface area contributed by atoms with Crippen molar-refractivity contribution in [2.24, 2.45) is 0 Å². The van der Waals surface area contributed by atoms with Crippen LogP contribution in [-0.2, 0) is 25.4 Å². The van der Waals surface area contributed by atoms with Crippen LogP contribution < -0.4 is 11.2 Å². The number of carbonyl (C=O) groups is 1. The molecule has 2 aromatic carbocycles. The molecule has 2 aliphatic rings. The molecule has 0 aliphatic carbocycles. The van der Waals surface area contributed by atoms with E-state index < -0.39 is 47.5 Å². The molecule has 1 N–H and O–H groups in total. The number of aromatic nitrogens is 6. The number of fused-ring (bicyclic) bond motifs is 2. The standard InChI is InChI=1S/C34H34N6O7/c1-19(2)40-18-37-27-26(35-17-36-30(27)40)23-7-5-6-21(15-23)14-20-8-10-22(11-9-20)32(42)44-16-24-28-29(47-34(3,4)46-28)31(45-24)39-13-12-25(41)38-33(39)43/h5-13,15,17-19,24,28-29,31H,14,16H2,1-4H3,(H,38,41,43)/t24-,28?,29?,31-/m1/s1. The largest absolute Gasteiger partial charge is 0.459 e. The molecule has 0 amide bonds. The molecule has 13 heteroatoms. The lowest BCUT2D eigenvalue weighted by Gasteiger charge is -2.24. The molecule has 5 heterocycles. The van der Waals surface area contributed by atoms with E-state index in [0.29, 0.717) is 12.0 Å². The van der Waals surface area contributed by atoms with E-state index >= 15 is 0 Å². The number of nitrogens with one attached hydrogen (secondary N) is 1. The van der Waals surface area contributed by atoms with Crippen molar-refractivity contribution < 1.29 is 23.7 Å². The lowest BCUT2D eigenvalue weighted by Crippen LogP contribution is -2.37. The van der Waals surface area contributed by atoms with Gasteiger partial charge in [0, 0.05) is 23.9 Å². The van der Waals surface area contributed by atoms with E-state index in [4.69, 9.17) is 18.9 Å². The molecular formula is C34H34N6O7. The fraction of sp³-hybridized carbons (Fsp3) is 0.353. The first-order valence-electron chi connectivity index (χ1n) is 15.4. The van der Waals surface area contributed by atoms with Gasteiger partial charge in [-0.2, -0.15) is 0 Å². The van der Waals surface area contributed by atoms with Gasteiger partial charge < -0.3 is 23.5 Å². The number of imidazole rings is 1. The second kappa shape index (κ2) is 12.0. The molecule has 0 saturated carbocycles. The number of hydrogen-bond acceptors (Lipinski definition) is 10. The zero-order chi connectivity index (χ0) is 32.9. The highest BCUT2D eigenvalue weighted by Crippen LogP contribution is 2.42. The Kier molecular flexibility index (Phi) is 7.82. The Morgan fingerprint density at radius 1 is 1.00 bits per heavy atom. The minimum atomic E-state index is -0.932. The Balaban J connectivity index is 1.02. The summed E-state index contributed by atoms with van der Waals surface area (Å²) in [5, 5.41) is 0. The first-order valence-corrected chi connectivity index (χ1v) is 15.4. The smallest absolute Gasteiger partial charge is 0.338 e. The molecule has 3 aromatic heterocycles. The fourth-order valence-electron chi connectivity index (χ4n) is 6.15. The molecule has 5 aromatic rings.